The highest BCUT2D eigenvalue weighted by atomic mass is 32.2. The highest BCUT2D eigenvalue weighted by Crippen LogP contribution is 2.47. The third-order valence-electron chi connectivity index (χ3n) is 8.20. The van der Waals surface area contributed by atoms with Crippen molar-refractivity contribution in [1.82, 2.24) is 0 Å². The minimum Gasteiger partial charge on any atom is -0.490 e. The number of rotatable bonds is 7. The quantitative estimate of drug-likeness (QED) is 0.378. The zero-order chi connectivity index (χ0) is 26.3. The van der Waals surface area contributed by atoms with E-state index in [-0.39, 0.29) is 17.9 Å². The summed E-state index contributed by atoms with van der Waals surface area (Å²) in [7, 11) is -2.65. The Hall–Kier alpha value is -3.32. The lowest BCUT2D eigenvalue weighted by Gasteiger charge is -2.22. The van der Waals surface area contributed by atoms with E-state index in [0.29, 0.717) is 30.9 Å². The number of carboxylic acids is 1. The Balaban J connectivity index is 1.14. The Morgan fingerprint density at radius 3 is 2.47 bits per heavy atom. The summed E-state index contributed by atoms with van der Waals surface area (Å²) in [6, 6.07) is 21.3. The first-order valence-corrected chi connectivity index (χ1v) is 15.4. The van der Waals surface area contributed by atoms with Gasteiger partial charge in [-0.05, 0) is 95.3 Å². The smallest absolute Gasteiger partial charge is 0.307 e. The van der Waals surface area contributed by atoms with Crippen LogP contribution in [0.1, 0.15) is 53.9 Å². The molecular formula is C31H34NO5S+. The summed E-state index contributed by atoms with van der Waals surface area (Å²) in [5.41, 5.74) is 8.54. The van der Waals surface area contributed by atoms with Crippen LogP contribution in [0.15, 0.2) is 60.7 Å². The van der Waals surface area contributed by atoms with Gasteiger partial charge in [0.1, 0.15) is 11.9 Å². The minimum atomic E-state index is -2.65. The number of carboxylic acid groups (broad SMARTS) is 1. The first-order chi connectivity index (χ1) is 18.3. The molecule has 0 spiro atoms. The molecule has 198 valence electrons. The largest absolute Gasteiger partial charge is 0.490 e. The molecule has 7 heteroatoms. The molecule has 0 radical (unpaired) electrons. The molecule has 3 aromatic carbocycles. The predicted octanol–water partition coefficient (Wildman–Crippen LogP) is 5.76. The maximum atomic E-state index is 11.9. The molecule has 0 aromatic heterocycles. The molecule has 6 nitrogen and oxygen atoms in total. The van der Waals surface area contributed by atoms with E-state index < -0.39 is 15.8 Å². The van der Waals surface area contributed by atoms with Crippen molar-refractivity contribution in [2.45, 2.75) is 57.1 Å². The van der Waals surface area contributed by atoms with Crippen molar-refractivity contribution in [3.05, 3.63) is 82.9 Å². The normalized spacial score (nSPS) is 25.9. The van der Waals surface area contributed by atoms with Crippen molar-refractivity contribution in [3.63, 3.8) is 0 Å². The summed E-state index contributed by atoms with van der Waals surface area (Å²) < 4.78 is 27.9. The molecule has 38 heavy (non-hydrogen) atoms. The van der Waals surface area contributed by atoms with Crippen LogP contribution in [-0.4, -0.2) is 37.1 Å². The van der Waals surface area contributed by atoms with Crippen LogP contribution in [0, 0.1) is 5.92 Å². The zero-order valence-corrected chi connectivity index (χ0v) is 22.2. The van der Waals surface area contributed by atoms with Crippen molar-refractivity contribution in [1.29, 1.82) is 0 Å². The van der Waals surface area contributed by atoms with E-state index in [9.17, 15) is 18.3 Å². The van der Waals surface area contributed by atoms with Crippen LogP contribution in [0.5, 0.6) is 5.75 Å². The predicted molar refractivity (Wildman–Crippen MR) is 150 cm³/mol. The topological polar surface area (TPSA) is 97.0 Å². The molecule has 0 bridgehead atoms. The summed E-state index contributed by atoms with van der Waals surface area (Å²) in [6.45, 7) is 0.708. The summed E-state index contributed by atoms with van der Waals surface area (Å²) in [4.78, 5) is 11.2. The van der Waals surface area contributed by atoms with E-state index in [0.717, 1.165) is 42.7 Å². The molecule has 0 amide bonds. The van der Waals surface area contributed by atoms with Gasteiger partial charge in [0.2, 0.25) is 0 Å². The van der Waals surface area contributed by atoms with Gasteiger partial charge in [-0.1, -0.05) is 30.3 Å². The number of aryl methyl sites for hydroxylation is 2. The lowest BCUT2D eigenvalue weighted by atomic mass is 9.94. The van der Waals surface area contributed by atoms with Crippen LogP contribution >= 0.6 is 0 Å². The number of nitrogens with one attached hydrogen (secondary N) is 1. The average Bonchev–Trinajstić information content (AvgIpc) is 3.73. The maximum Gasteiger partial charge on any atom is 0.307 e. The standard InChI is InChI=1S/C31H33NO5S/c33-31(34)30-18-29(30)22-6-8-24(9-7-22)32-19-20-4-5-21-2-1-3-23-17-26(10-11-27(23)28(21)16-20)37-25-12-14-38(35,36)15-13-25/h4-11,16-17,25,29-30,32H,1-3,12-15,18-19H2,(H,33,34)/p+1/t29-,30+/m1/s1. The Morgan fingerprint density at radius 1 is 0.974 bits per heavy atom. The molecule has 2 fully saturated rings. The van der Waals surface area contributed by atoms with Gasteiger partial charge in [-0.15, -0.1) is 0 Å². The van der Waals surface area contributed by atoms with Crippen LogP contribution in [0.4, 0.5) is 5.69 Å². The van der Waals surface area contributed by atoms with Crippen LogP contribution in [0.3, 0.4) is 0 Å². The van der Waals surface area contributed by atoms with E-state index in [4.69, 9.17) is 4.74 Å². The number of aliphatic carboxylic acids is 1. The number of anilines is 1. The molecule has 1 saturated heterocycles. The van der Waals surface area contributed by atoms with Gasteiger partial charge in [-0.2, -0.15) is 4.21 Å². The molecule has 1 saturated carbocycles. The Morgan fingerprint density at radius 2 is 1.74 bits per heavy atom. The number of ether oxygens (including phenoxy) is 1. The monoisotopic (exact) mass is 532 g/mol. The van der Waals surface area contributed by atoms with Gasteiger partial charge in [0.05, 0.1) is 17.4 Å². The summed E-state index contributed by atoms with van der Waals surface area (Å²) in [5, 5.41) is 12.7. The minimum absolute atomic E-state index is 0.00227. The van der Waals surface area contributed by atoms with E-state index in [1.807, 2.05) is 30.3 Å². The maximum absolute atomic E-state index is 11.9. The van der Waals surface area contributed by atoms with Crippen LogP contribution in [-0.2, 0) is 34.0 Å². The fraction of sp³-hybridized carbons (Fsp3) is 0.387. The van der Waals surface area contributed by atoms with E-state index >= 15 is 0 Å². The van der Waals surface area contributed by atoms with Gasteiger partial charge in [0.25, 0.3) is 9.84 Å². The molecule has 2 atom stereocenters. The number of benzene rings is 3. The Kier molecular flexibility index (Phi) is 6.64. The number of carbonyl (C=O) groups is 1. The first-order valence-electron chi connectivity index (χ1n) is 13.5. The van der Waals surface area contributed by atoms with Gasteiger partial charge in [0, 0.05) is 25.1 Å². The summed E-state index contributed by atoms with van der Waals surface area (Å²) in [5.74, 6) is 0.720. The fourth-order valence-electron chi connectivity index (χ4n) is 5.86. The molecule has 1 aliphatic heterocycles. The number of fused-ring (bicyclic) bond motifs is 3. The third-order valence-corrected chi connectivity index (χ3v) is 9.94. The van der Waals surface area contributed by atoms with E-state index in [2.05, 4.69) is 35.6 Å². The van der Waals surface area contributed by atoms with Crippen molar-refractivity contribution < 1.29 is 23.1 Å². The van der Waals surface area contributed by atoms with Gasteiger partial charge < -0.3 is 15.2 Å². The van der Waals surface area contributed by atoms with Gasteiger partial charge in [-0.3, -0.25) is 4.79 Å². The SMILES string of the molecule is O=C(O)[C@H]1C[C@@H]1c1ccc(NCc2ccc3c(c2)-c2ccc(OC4CCS(=O)(=[OH+])CC4)cc2CCC3)cc1. The first kappa shape index (κ1) is 25.0. The second-order valence-electron chi connectivity index (χ2n) is 10.9. The third kappa shape index (κ3) is 5.44. The lowest BCUT2D eigenvalue weighted by Crippen LogP contribution is -2.30. The highest BCUT2D eigenvalue weighted by molar-refractivity contribution is 7.91. The molecule has 2 aliphatic carbocycles. The van der Waals surface area contributed by atoms with Gasteiger partial charge in [0.15, 0.2) is 0 Å². The van der Waals surface area contributed by atoms with Gasteiger partial charge >= 0.3 is 5.97 Å². The van der Waals surface area contributed by atoms with Crippen molar-refractivity contribution >= 4 is 21.5 Å². The summed E-state index contributed by atoms with van der Waals surface area (Å²) in [6.07, 6.45) is 5.12. The molecular weight excluding hydrogens is 498 g/mol. The second-order valence-corrected chi connectivity index (χ2v) is 13.3. The Bertz CT molecular complexity index is 1450. The summed E-state index contributed by atoms with van der Waals surface area (Å²) >= 11 is 0. The van der Waals surface area contributed by atoms with E-state index in [1.54, 1.807) is 0 Å². The molecule has 3 aliphatic rings. The molecule has 6 rings (SSSR count). The molecule has 0 unspecified atom stereocenters. The van der Waals surface area contributed by atoms with Crippen molar-refractivity contribution in [2.75, 3.05) is 16.8 Å². The number of hydrogen-bond acceptors (Lipinski definition) is 4. The second kappa shape index (κ2) is 10.1. The molecule has 3 aromatic rings. The van der Waals surface area contributed by atoms with Crippen molar-refractivity contribution in [3.8, 4) is 16.9 Å². The molecule has 1 heterocycles. The van der Waals surface area contributed by atoms with E-state index in [1.165, 1.54) is 27.8 Å². The number of hydrogen-bond donors (Lipinski definition) is 2. The molecule has 3 N–H and O–H groups in total. The van der Waals surface area contributed by atoms with Crippen molar-refractivity contribution in [2.24, 2.45) is 5.92 Å². The highest BCUT2D eigenvalue weighted by Gasteiger charge is 2.44. The van der Waals surface area contributed by atoms with Gasteiger partial charge in [-0.25, -0.2) is 4.21 Å². The zero-order valence-electron chi connectivity index (χ0n) is 21.4. The van der Waals surface area contributed by atoms with Crippen LogP contribution in [0.25, 0.3) is 11.1 Å². The fourth-order valence-corrected chi connectivity index (χ4v) is 7.33. The lowest BCUT2D eigenvalue weighted by molar-refractivity contribution is -0.138. The average molecular weight is 533 g/mol. The van der Waals surface area contributed by atoms with Crippen LogP contribution in [0.2, 0.25) is 0 Å². The van der Waals surface area contributed by atoms with Crippen LogP contribution < -0.4 is 10.1 Å². The Labute approximate surface area is 224 Å².